The molecule has 7 nitrogen and oxygen atoms in total. The molecule has 0 radical (unpaired) electrons. The van der Waals surface area contributed by atoms with Crippen molar-refractivity contribution in [3.63, 3.8) is 0 Å². The molecule has 2 aromatic heterocycles. The van der Waals surface area contributed by atoms with E-state index in [2.05, 4.69) is 21.0 Å². The number of para-hydroxylation sites is 2. The highest BCUT2D eigenvalue weighted by molar-refractivity contribution is 5.94. The minimum absolute atomic E-state index is 0.0857. The molecule has 2 aliphatic heterocycles. The van der Waals surface area contributed by atoms with Crippen molar-refractivity contribution in [2.24, 2.45) is 0 Å². The van der Waals surface area contributed by atoms with Gasteiger partial charge in [0.1, 0.15) is 6.10 Å². The zero-order valence-corrected chi connectivity index (χ0v) is 16.0. The summed E-state index contributed by atoms with van der Waals surface area (Å²) in [6, 6.07) is 11.6. The van der Waals surface area contributed by atoms with Crippen LogP contribution in [0, 0.1) is 0 Å². The van der Waals surface area contributed by atoms with Gasteiger partial charge in [0, 0.05) is 24.7 Å². The molecule has 5 rings (SSSR count). The number of nitrogens with one attached hydrogen (secondary N) is 1. The van der Waals surface area contributed by atoms with E-state index in [0.717, 1.165) is 29.4 Å². The first-order chi connectivity index (χ1) is 14.3. The van der Waals surface area contributed by atoms with Crippen LogP contribution in [0.5, 0.6) is 5.88 Å². The van der Waals surface area contributed by atoms with E-state index in [0.29, 0.717) is 38.0 Å². The Bertz CT molecular complexity index is 1040. The number of nitrogens with zero attached hydrogens (tertiary/aromatic N) is 3. The molecule has 7 heteroatoms. The van der Waals surface area contributed by atoms with Crippen molar-refractivity contribution in [1.29, 1.82) is 0 Å². The fourth-order valence-electron chi connectivity index (χ4n) is 3.87. The maximum absolute atomic E-state index is 12.9. The fourth-order valence-corrected chi connectivity index (χ4v) is 3.87. The number of ether oxygens (including phenoxy) is 2. The molecule has 3 aromatic rings. The maximum Gasteiger partial charge on any atom is 0.289 e. The van der Waals surface area contributed by atoms with Gasteiger partial charge in [-0.05, 0) is 36.3 Å². The monoisotopic (exact) mass is 390 g/mol. The predicted molar refractivity (Wildman–Crippen MR) is 109 cm³/mol. The molecule has 0 aliphatic carbocycles. The number of amides is 1. The normalized spacial score (nSPS) is 19.4. The molecule has 1 atom stereocenters. The molecular weight excluding hydrogens is 368 g/mol. The molecule has 1 amide bonds. The zero-order valence-electron chi connectivity index (χ0n) is 16.0. The van der Waals surface area contributed by atoms with Crippen LogP contribution in [0.25, 0.3) is 16.6 Å². The Morgan fingerprint density at radius 1 is 1.24 bits per heavy atom. The Balaban J connectivity index is 1.29. The fraction of sp³-hybridized carbons (Fsp3) is 0.318. The lowest BCUT2D eigenvalue weighted by Gasteiger charge is -2.19. The Kier molecular flexibility index (Phi) is 4.73. The highest BCUT2D eigenvalue weighted by atomic mass is 16.5. The van der Waals surface area contributed by atoms with Gasteiger partial charge in [-0.2, -0.15) is 0 Å². The number of hydrogen-bond donors (Lipinski definition) is 1. The molecule has 0 unspecified atom stereocenters. The molecule has 1 fully saturated rings. The number of benzene rings is 1. The summed E-state index contributed by atoms with van der Waals surface area (Å²) in [4.78, 5) is 26.6. The third kappa shape index (κ3) is 3.61. The number of hydrogen-bond acceptors (Lipinski definition) is 5. The molecule has 4 heterocycles. The summed E-state index contributed by atoms with van der Waals surface area (Å²) in [5.74, 6) is 0.905. The summed E-state index contributed by atoms with van der Waals surface area (Å²) in [5, 5.41) is 0. The van der Waals surface area contributed by atoms with E-state index >= 15 is 0 Å². The molecule has 1 aromatic carbocycles. The van der Waals surface area contributed by atoms with Gasteiger partial charge in [0.15, 0.2) is 5.82 Å². The van der Waals surface area contributed by atoms with Crippen LogP contribution in [0.1, 0.15) is 29.0 Å². The van der Waals surface area contributed by atoms with Gasteiger partial charge in [0.2, 0.25) is 5.88 Å². The molecule has 0 bridgehead atoms. The van der Waals surface area contributed by atoms with Crippen LogP contribution in [-0.2, 0) is 4.74 Å². The average Bonchev–Trinajstić information content (AvgIpc) is 3.41. The number of aromatic nitrogens is 3. The summed E-state index contributed by atoms with van der Waals surface area (Å²) in [7, 11) is 0. The number of H-pyrrole nitrogens is 1. The summed E-state index contributed by atoms with van der Waals surface area (Å²) >= 11 is 0. The lowest BCUT2D eigenvalue weighted by atomic mass is 10.0. The van der Waals surface area contributed by atoms with Crippen LogP contribution in [0.15, 0.2) is 48.7 Å². The Morgan fingerprint density at radius 2 is 2.17 bits per heavy atom. The number of likely N-dealkylation sites (tertiary alicyclic amines) is 1. The molecule has 1 N–H and O–H groups in total. The number of imidazole rings is 1. The number of carbonyl (C=O) groups is 1. The third-order valence-corrected chi connectivity index (χ3v) is 5.38. The van der Waals surface area contributed by atoms with Crippen LogP contribution in [-0.4, -0.2) is 58.2 Å². The van der Waals surface area contributed by atoms with Gasteiger partial charge >= 0.3 is 0 Å². The van der Waals surface area contributed by atoms with E-state index in [1.807, 2.05) is 36.4 Å². The van der Waals surface area contributed by atoms with Crippen molar-refractivity contribution in [1.82, 2.24) is 19.9 Å². The summed E-state index contributed by atoms with van der Waals surface area (Å²) in [5.41, 5.74) is 3.88. The number of fused-ring (bicyclic) bond motifs is 1. The van der Waals surface area contributed by atoms with Gasteiger partial charge in [0.25, 0.3) is 5.91 Å². The highest BCUT2D eigenvalue weighted by Gasteiger charge is 2.30. The zero-order chi connectivity index (χ0) is 19.6. The number of pyridine rings is 1. The first-order valence-corrected chi connectivity index (χ1v) is 9.91. The van der Waals surface area contributed by atoms with Gasteiger partial charge in [-0.3, -0.25) is 4.79 Å². The lowest BCUT2D eigenvalue weighted by molar-refractivity contribution is 0.0760. The predicted octanol–water partition coefficient (Wildman–Crippen LogP) is 3.06. The van der Waals surface area contributed by atoms with Crippen LogP contribution in [0.3, 0.4) is 0 Å². The Hall–Kier alpha value is -3.19. The Labute approximate surface area is 168 Å². The van der Waals surface area contributed by atoms with E-state index in [1.54, 1.807) is 11.1 Å². The standard InChI is InChI=1S/C22H22N4O3/c27-22(20-24-18-5-1-2-6-19(18)25-20)26-11-7-16(14-26)29-21-17(4-3-10-23-21)15-8-12-28-13-9-15/h1-6,8,10,16H,7,9,11-14H2,(H,24,25)/t16-/m0/s1. The molecule has 0 spiro atoms. The van der Waals surface area contributed by atoms with E-state index in [9.17, 15) is 4.79 Å². The SMILES string of the molecule is O=C(c1nc2ccccc2[nH]1)N1CC[C@H](Oc2ncccc2C2=CCOCC2)C1. The quantitative estimate of drug-likeness (QED) is 0.741. The minimum Gasteiger partial charge on any atom is -0.472 e. The van der Waals surface area contributed by atoms with Crippen molar-refractivity contribution in [2.45, 2.75) is 18.9 Å². The van der Waals surface area contributed by atoms with Gasteiger partial charge in [-0.25, -0.2) is 9.97 Å². The molecule has 29 heavy (non-hydrogen) atoms. The van der Waals surface area contributed by atoms with Crippen molar-refractivity contribution in [3.8, 4) is 5.88 Å². The van der Waals surface area contributed by atoms with Crippen LogP contribution in [0.2, 0.25) is 0 Å². The molecule has 2 aliphatic rings. The van der Waals surface area contributed by atoms with Crippen molar-refractivity contribution >= 4 is 22.5 Å². The molecule has 148 valence electrons. The maximum atomic E-state index is 12.9. The van der Waals surface area contributed by atoms with Gasteiger partial charge < -0.3 is 19.4 Å². The summed E-state index contributed by atoms with van der Waals surface area (Å²) < 4.78 is 11.6. The van der Waals surface area contributed by atoms with Gasteiger partial charge in [0.05, 0.1) is 30.8 Å². The number of aromatic amines is 1. The second kappa shape index (κ2) is 7.67. The van der Waals surface area contributed by atoms with E-state index in [4.69, 9.17) is 9.47 Å². The molecule has 1 saturated heterocycles. The third-order valence-electron chi connectivity index (χ3n) is 5.38. The van der Waals surface area contributed by atoms with E-state index in [-0.39, 0.29) is 12.0 Å². The molecular formula is C22H22N4O3. The van der Waals surface area contributed by atoms with E-state index < -0.39 is 0 Å². The van der Waals surface area contributed by atoms with Gasteiger partial charge in [-0.15, -0.1) is 0 Å². The molecule has 0 saturated carbocycles. The highest BCUT2D eigenvalue weighted by Crippen LogP contribution is 2.29. The topological polar surface area (TPSA) is 80.3 Å². The first kappa shape index (κ1) is 17.9. The Morgan fingerprint density at radius 3 is 3.03 bits per heavy atom. The van der Waals surface area contributed by atoms with Crippen LogP contribution in [0.4, 0.5) is 0 Å². The number of carbonyl (C=O) groups excluding carboxylic acids is 1. The van der Waals surface area contributed by atoms with Crippen LogP contribution >= 0.6 is 0 Å². The van der Waals surface area contributed by atoms with Crippen molar-refractivity contribution in [3.05, 3.63) is 60.1 Å². The largest absolute Gasteiger partial charge is 0.472 e. The van der Waals surface area contributed by atoms with Crippen LogP contribution < -0.4 is 4.74 Å². The van der Waals surface area contributed by atoms with E-state index in [1.165, 1.54) is 5.57 Å². The minimum atomic E-state index is -0.0966. The van der Waals surface area contributed by atoms with Crippen molar-refractivity contribution < 1.29 is 14.3 Å². The smallest absolute Gasteiger partial charge is 0.289 e. The second-order valence-corrected chi connectivity index (χ2v) is 7.29. The lowest BCUT2D eigenvalue weighted by Crippen LogP contribution is -2.31. The van der Waals surface area contributed by atoms with Gasteiger partial charge in [-0.1, -0.05) is 18.2 Å². The number of rotatable bonds is 4. The van der Waals surface area contributed by atoms with Crippen molar-refractivity contribution in [2.75, 3.05) is 26.3 Å². The first-order valence-electron chi connectivity index (χ1n) is 9.91. The summed E-state index contributed by atoms with van der Waals surface area (Å²) in [6.45, 7) is 2.49. The summed E-state index contributed by atoms with van der Waals surface area (Å²) in [6.07, 6.45) is 5.36. The second-order valence-electron chi connectivity index (χ2n) is 7.29. The average molecular weight is 390 g/mol.